The number of anilines is 1. The van der Waals surface area contributed by atoms with Crippen molar-refractivity contribution in [1.82, 2.24) is 14.7 Å². The van der Waals surface area contributed by atoms with Crippen molar-refractivity contribution in [3.8, 4) is 0 Å². The van der Waals surface area contributed by atoms with Gasteiger partial charge in [0.25, 0.3) is 0 Å². The van der Waals surface area contributed by atoms with Crippen molar-refractivity contribution in [3.05, 3.63) is 41.1 Å². The number of nitrogens with one attached hydrogen (secondary N) is 2. The summed E-state index contributed by atoms with van der Waals surface area (Å²) in [5, 5.41) is 6.03. The van der Waals surface area contributed by atoms with Crippen molar-refractivity contribution in [2.75, 3.05) is 26.5 Å². The number of H-pyrrole nitrogens is 1. The van der Waals surface area contributed by atoms with Crippen LogP contribution in [0.15, 0.2) is 24.3 Å². The molecule has 0 bridgehead atoms. The fourth-order valence-corrected chi connectivity index (χ4v) is 2.06. The zero-order valence-corrected chi connectivity index (χ0v) is 11.6. The highest BCUT2D eigenvalue weighted by atomic mass is 16.1. The standard InChI is InChI=1S/C14H20N4O/c1-15-14-13(10-19)18(16-14)9-12-6-4-11(5-7-12)8-17(2)3/h4-7,10,15-16H,8-9H2,1-3H3. The molecule has 2 rings (SSSR count). The summed E-state index contributed by atoms with van der Waals surface area (Å²) in [6.45, 7) is 1.62. The number of benzene rings is 1. The molecule has 0 radical (unpaired) electrons. The number of hydrogen-bond acceptors (Lipinski definition) is 3. The maximum atomic E-state index is 10.9. The molecule has 0 saturated heterocycles. The van der Waals surface area contributed by atoms with Crippen LogP contribution in [0.5, 0.6) is 0 Å². The minimum Gasteiger partial charge on any atom is -0.372 e. The Bertz CT molecular complexity index is 536. The van der Waals surface area contributed by atoms with Crippen molar-refractivity contribution >= 4 is 12.1 Å². The molecule has 102 valence electrons. The van der Waals surface area contributed by atoms with Crippen LogP contribution in [0.2, 0.25) is 0 Å². The van der Waals surface area contributed by atoms with Gasteiger partial charge in [-0.3, -0.25) is 14.6 Å². The quantitative estimate of drug-likeness (QED) is 0.778. The molecule has 2 aromatic rings. The van der Waals surface area contributed by atoms with Crippen LogP contribution in [0.4, 0.5) is 5.82 Å². The maximum absolute atomic E-state index is 10.9. The number of aldehydes is 1. The van der Waals surface area contributed by atoms with Gasteiger partial charge in [-0.15, -0.1) is 0 Å². The van der Waals surface area contributed by atoms with Gasteiger partial charge < -0.3 is 10.2 Å². The predicted octanol–water partition coefficient (Wildman–Crippen LogP) is 1.78. The second-order valence-electron chi connectivity index (χ2n) is 4.88. The molecule has 0 atom stereocenters. The minimum atomic E-state index is 0.667. The summed E-state index contributed by atoms with van der Waals surface area (Å²) in [5.74, 6) is 0.777. The van der Waals surface area contributed by atoms with Gasteiger partial charge in [-0.2, -0.15) is 0 Å². The lowest BCUT2D eigenvalue weighted by Crippen LogP contribution is -2.20. The van der Waals surface area contributed by atoms with Crippen molar-refractivity contribution in [2.45, 2.75) is 13.1 Å². The van der Waals surface area contributed by atoms with Crippen molar-refractivity contribution in [1.29, 1.82) is 0 Å². The highest BCUT2D eigenvalue weighted by Crippen LogP contribution is 2.15. The summed E-state index contributed by atoms with van der Waals surface area (Å²) in [6.07, 6.45) is 0.864. The van der Waals surface area contributed by atoms with Gasteiger partial charge in [0.2, 0.25) is 0 Å². The van der Waals surface area contributed by atoms with E-state index in [0.717, 1.165) is 18.6 Å². The van der Waals surface area contributed by atoms with Gasteiger partial charge in [0.1, 0.15) is 11.5 Å². The molecule has 5 nitrogen and oxygen atoms in total. The van der Waals surface area contributed by atoms with Gasteiger partial charge >= 0.3 is 0 Å². The molecule has 0 fully saturated rings. The summed E-state index contributed by atoms with van der Waals surface area (Å²) in [4.78, 5) is 13.1. The Morgan fingerprint density at radius 1 is 1.26 bits per heavy atom. The number of carbonyl (C=O) groups is 1. The fourth-order valence-electron chi connectivity index (χ4n) is 2.06. The zero-order valence-electron chi connectivity index (χ0n) is 11.6. The molecular weight excluding hydrogens is 240 g/mol. The average molecular weight is 260 g/mol. The smallest absolute Gasteiger partial charge is 0.171 e. The summed E-state index contributed by atoms with van der Waals surface area (Å²) >= 11 is 0. The summed E-state index contributed by atoms with van der Waals surface area (Å²) < 4.78 is 1.83. The van der Waals surface area contributed by atoms with Crippen LogP contribution in [0.1, 0.15) is 21.6 Å². The second kappa shape index (κ2) is 5.75. The normalized spacial score (nSPS) is 10.9. The first kappa shape index (κ1) is 13.4. The number of hydrogen-bond donors (Lipinski definition) is 2. The number of nitrogens with zero attached hydrogens (tertiary/aromatic N) is 2. The molecule has 0 spiro atoms. The molecule has 1 aromatic heterocycles. The summed E-state index contributed by atoms with van der Waals surface area (Å²) in [6, 6.07) is 8.44. The molecule has 0 saturated carbocycles. The molecule has 0 unspecified atom stereocenters. The predicted molar refractivity (Wildman–Crippen MR) is 76.7 cm³/mol. The molecule has 1 heterocycles. The first-order valence-electron chi connectivity index (χ1n) is 6.28. The number of carbonyl (C=O) groups excluding carboxylic acids is 1. The van der Waals surface area contributed by atoms with Crippen LogP contribution in [-0.2, 0) is 13.1 Å². The average Bonchev–Trinajstić information content (AvgIpc) is 2.35. The van der Waals surface area contributed by atoms with E-state index in [1.807, 2.05) is 4.68 Å². The summed E-state index contributed by atoms with van der Waals surface area (Å²) in [7, 11) is 5.90. The van der Waals surface area contributed by atoms with Crippen LogP contribution in [-0.4, -0.2) is 42.1 Å². The highest BCUT2D eigenvalue weighted by Gasteiger charge is 2.11. The van der Waals surface area contributed by atoms with E-state index in [-0.39, 0.29) is 0 Å². The first-order chi connectivity index (χ1) is 9.13. The highest BCUT2D eigenvalue weighted by molar-refractivity contribution is 5.81. The monoisotopic (exact) mass is 260 g/mol. The third-order valence-corrected chi connectivity index (χ3v) is 3.02. The SMILES string of the molecule is CNc1[nH]n(Cc2ccc(CN(C)C)cc2)c1C=O. The van der Waals surface area contributed by atoms with E-state index in [4.69, 9.17) is 0 Å². The Hall–Kier alpha value is -2.01. The van der Waals surface area contributed by atoms with Crippen molar-refractivity contribution < 1.29 is 4.79 Å². The van der Waals surface area contributed by atoms with Gasteiger partial charge in [0.05, 0.1) is 6.54 Å². The van der Waals surface area contributed by atoms with Gasteiger partial charge in [-0.1, -0.05) is 24.3 Å². The molecule has 0 aliphatic rings. The zero-order chi connectivity index (χ0) is 13.8. The topological polar surface area (TPSA) is 53.1 Å². The molecule has 0 aliphatic carbocycles. The van der Waals surface area contributed by atoms with E-state index in [0.29, 0.717) is 12.2 Å². The third kappa shape index (κ3) is 3.06. The molecule has 0 amide bonds. The molecule has 1 aromatic carbocycles. The van der Waals surface area contributed by atoms with Crippen LogP contribution >= 0.6 is 0 Å². The van der Waals surface area contributed by atoms with Gasteiger partial charge in [-0.25, -0.2) is 0 Å². The Kier molecular flexibility index (Phi) is 4.06. The van der Waals surface area contributed by atoms with Gasteiger partial charge in [0.15, 0.2) is 6.29 Å². The number of rotatable bonds is 6. The van der Waals surface area contributed by atoms with Crippen LogP contribution in [0, 0.1) is 0 Å². The van der Waals surface area contributed by atoms with Gasteiger partial charge in [-0.05, 0) is 25.2 Å². The van der Waals surface area contributed by atoms with Crippen molar-refractivity contribution in [2.24, 2.45) is 0 Å². The summed E-state index contributed by atoms with van der Waals surface area (Å²) in [5.41, 5.74) is 3.12. The van der Waals surface area contributed by atoms with E-state index in [9.17, 15) is 4.79 Å². The molecule has 0 aliphatic heterocycles. The van der Waals surface area contributed by atoms with E-state index in [1.54, 1.807) is 7.05 Å². The lowest BCUT2D eigenvalue weighted by atomic mass is 10.1. The Labute approximate surface area is 113 Å². The van der Waals surface area contributed by atoms with Crippen LogP contribution < -0.4 is 5.32 Å². The maximum Gasteiger partial charge on any atom is 0.171 e. The van der Waals surface area contributed by atoms with Crippen molar-refractivity contribution in [3.63, 3.8) is 0 Å². The first-order valence-corrected chi connectivity index (χ1v) is 6.28. The van der Waals surface area contributed by atoms with E-state index < -0.39 is 0 Å². The second-order valence-corrected chi connectivity index (χ2v) is 4.88. The molecule has 5 heteroatoms. The molecule has 19 heavy (non-hydrogen) atoms. The largest absolute Gasteiger partial charge is 0.372 e. The molecular formula is C14H20N4O. The Balaban J connectivity index is 2.05. The fraction of sp³-hybridized carbons (Fsp3) is 0.357. The number of aromatic amines is 1. The van der Waals surface area contributed by atoms with E-state index in [2.05, 4.69) is 53.7 Å². The molecule has 2 N–H and O–H groups in total. The third-order valence-electron chi connectivity index (χ3n) is 3.02. The van der Waals surface area contributed by atoms with Crippen LogP contribution in [0.25, 0.3) is 0 Å². The van der Waals surface area contributed by atoms with E-state index in [1.165, 1.54) is 11.1 Å². The lowest BCUT2D eigenvalue weighted by molar-refractivity contribution is 0.111. The minimum absolute atomic E-state index is 0.667. The van der Waals surface area contributed by atoms with E-state index >= 15 is 0 Å². The lowest BCUT2D eigenvalue weighted by Gasteiger charge is -2.20. The van der Waals surface area contributed by atoms with Gasteiger partial charge in [0, 0.05) is 13.6 Å². The number of aromatic nitrogens is 2. The van der Waals surface area contributed by atoms with Crippen LogP contribution in [0.3, 0.4) is 0 Å². The Morgan fingerprint density at radius 2 is 1.89 bits per heavy atom. The Morgan fingerprint density at radius 3 is 2.42 bits per heavy atom.